The standard InChI is InChI=1S/C16H13ClFNO/c1-2-11-8-14(6-7-15(11)17)20-10-13-5-3-4-12(9-19)16(13)18/h3-8H,2,10H2,1H3. The zero-order chi connectivity index (χ0) is 14.5. The van der Waals surface area contributed by atoms with Gasteiger partial charge in [-0.05, 0) is 36.2 Å². The fourth-order valence-electron chi connectivity index (χ4n) is 1.85. The van der Waals surface area contributed by atoms with Crippen molar-refractivity contribution >= 4 is 11.6 Å². The lowest BCUT2D eigenvalue weighted by molar-refractivity contribution is 0.299. The van der Waals surface area contributed by atoms with Gasteiger partial charge in [0.15, 0.2) is 0 Å². The molecule has 2 aromatic rings. The normalized spacial score (nSPS) is 10.1. The van der Waals surface area contributed by atoms with Crippen molar-refractivity contribution in [2.75, 3.05) is 0 Å². The first-order valence-corrected chi connectivity index (χ1v) is 6.62. The molecule has 0 aliphatic carbocycles. The van der Waals surface area contributed by atoms with Crippen LogP contribution in [0.15, 0.2) is 36.4 Å². The van der Waals surface area contributed by atoms with Gasteiger partial charge in [-0.1, -0.05) is 30.7 Å². The topological polar surface area (TPSA) is 33.0 Å². The van der Waals surface area contributed by atoms with Crippen molar-refractivity contribution in [1.82, 2.24) is 0 Å². The van der Waals surface area contributed by atoms with E-state index in [1.807, 2.05) is 19.1 Å². The minimum absolute atomic E-state index is 0.0245. The molecule has 0 bridgehead atoms. The van der Waals surface area contributed by atoms with E-state index in [-0.39, 0.29) is 12.2 Å². The smallest absolute Gasteiger partial charge is 0.147 e. The van der Waals surface area contributed by atoms with Crippen LogP contribution in [0.3, 0.4) is 0 Å². The van der Waals surface area contributed by atoms with E-state index in [9.17, 15) is 4.39 Å². The highest BCUT2D eigenvalue weighted by molar-refractivity contribution is 6.31. The highest BCUT2D eigenvalue weighted by atomic mass is 35.5. The van der Waals surface area contributed by atoms with E-state index in [4.69, 9.17) is 21.6 Å². The summed E-state index contributed by atoms with van der Waals surface area (Å²) in [6.45, 7) is 2.08. The molecule has 4 heteroatoms. The molecule has 0 aliphatic rings. The second kappa shape index (κ2) is 6.40. The van der Waals surface area contributed by atoms with Crippen LogP contribution in [0.2, 0.25) is 5.02 Å². The summed E-state index contributed by atoms with van der Waals surface area (Å²) in [7, 11) is 0. The molecule has 0 aliphatic heterocycles. The zero-order valence-corrected chi connectivity index (χ0v) is 11.7. The molecular weight excluding hydrogens is 277 g/mol. The van der Waals surface area contributed by atoms with E-state index in [1.165, 1.54) is 6.07 Å². The molecule has 0 atom stereocenters. The molecule has 0 heterocycles. The van der Waals surface area contributed by atoms with E-state index < -0.39 is 5.82 Å². The number of benzene rings is 2. The molecule has 0 saturated carbocycles. The second-order valence-corrected chi connectivity index (χ2v) is 4.69. The monoisotopic (exact) mass is 289 g/mol. The fraction of sp³-hybridized carbons (Fsp3) is 0.188. The first-order valence-electron chi connectivity index (χ1n) is 6.24. The third-order valence-electron chi connectivity index (χ3n) is 2.99. The molecule has 20 heavy (non-hydrogen) atoms. The number of rotatable bonds is 4. The summed E-state index contributed by atoms with van der Waals surface area (Å²) in [4.78, 5) is 0. The van der Waals surface area contributed by atoms with Crippen molar-refractivity contribution in [3.05, 3.63) is 63.9 Å². The predicted octanol–water partition coefficient (Wildman–Crippen LogP) is 4.49. The number of halogens is 2. The van der Waals surface area contributed by atoms with Crippen LogP contribution < -0.4 is 4.74 Å². The number of ether oxygens (including phenoxy) is 1. The molecule has 0 fully saturated rings. The number of hydrogen-bond donors (Lipinski definition) is 0. The lowest BCUT2D eigenvalue weighted by Gasteiger charge is -2.09. The Morgan fingerprint density at radius 3 is 2.75 bits per heavy atom. The van der Waals surface area contributed by atoms with Crippen LogP contribution in [0.25, 0.3) is 0 Å². The van der Waals surface area contributed by atoms with Gasteiger partial charge in [-0.25, -0.2) is 4.39 Å². The van der Waals surface area contributed by atoms with E-state index in [1.54, 1.807) is 24.3 Å². The maximum atomic E-state index is 13.9. The molecule has 0 spiro atoms. The minimum atomic E-state index is -0.528. The molecule has 2 aromatic carbocycles. The highest BCUT2D eigenvalue weighted by Gasteiger charge is 2.08. The summed E-state index contributed by atoms with van der Waals surface area (Å²) in [5.74, 6) is 0.104. The molecule has 102 valence electrons. The Morgan fingerprint density at radius 2 is 2.05 bits per heavy atom. The molecule has 0 radical (unpaired) electrons. The molecule has 0 unspecified atom stereocenters. The van der Waals surface area contributed by atoms with Crippen molar-refractivity contribution in [2.24, 2.45) is 0 Å². The number of hydrogen-bond acceptors (Lipinski definition) is 2. The number of nitrogens with zero attached hydrogens (tertiary/aromatic N) is 1. The Bertz CT molecular complexity index is 664. The summed E-state index contributed by atoms with van der Waals surface area (Å²) in [6, 6.07) is 11.8. The van der Waals surface area contributed by atoms with Gasteiger partial charge in [0.25, 0.3) is 0 Å². The summed E-state index contributed by atoms with van der Waals surface area (Å²) in [6.07, 6.45) is 0.800. The van der Waals surface area contributed by atoms with Crippen molar-refractivity contribution in [3.63, 3.8) is 0 Å². The third-order valence-corrected chi connectivity index (χ3v) is 3.36. The average Bonchev–Trinajstić information content (AvgIpc) is 2.47. The predicted molar refractivity (Wildman–Crippen MR) is 76.3 cm³/mol. The van der Waals surface area contributed by atoms with E-state index in [2.05, 4.69) is 0 Å². The first kappa shape index (κ1) is 14.4. The molecule has 0 aromatic heterocycles. The van der Waals surface area contributed by atoms with Crippen LogP contribution in [-0.2, 0) is 13.0 Å². The Kier molecular flexibility index (Phi) is 4.60. The lowest BCUT2D eigenvalue weighted by Crippen LogP contribution is -2.00. The van der Waals surface area contributed by atoms with Gasteiger partial charge in [-0.15, -0.1) is 0 Å². The minimum Gasteiger partial charge on any atom is -0.489 e. The Balaban J connectivity index is 2.15. The maximum absolute atomic E-state index is 13.9. The van der Waals surface area contributed by atoms with Gasteiger partial charge in [0.1, 0.15) is 24.2 Å². The lowest BCUT2D eigenvalue weighted by atomic mass is 10.1. The van der Waals surface area contributed by atoms with Crippen molar-refractivity contribution in [1.29, 1.82) is 5.26 Å². The molecule has 0 N–H and O–H groups in total. The van der Waals surface area contributed by atoms with Gasteiger partial charge in [0.05, 0.1) is 5.56 Å². The molecule has 2 rings (SSSR count). The molecule has 0 saturated heterocycles. The van der Waals surface area contributed by atoms with Crippen molar-refractivity contribution in [3.8, 4) is 11.8 Å². The van der Waals surface area contributed by atoms with Crippen molar-refractivity contribution < 1.29 is 9.13 Å². The molecule has 0 amide bonds. The van der Waals surface area contributed by atoms with Gasteiger partial charge in [0, 0.05) is 10.6 Å². The van der Waals surface area contributed by atoms with Crippen LogP contribution in [-0.4, -0.2) is 0 Å². The second-order valence-electron chi connectivity index (χ2n) is 4.29. The molecular formula is C16H13ClFNO. The largest absolute Gasteiger partial charge is 0.489 e. The Morgan fingerprint density at radius 1 is 1.25 bits per heavy atom. The van der Waals surface area contributed by atoms with Crippen LogP contribution in [0.5, 0.6) is 5.75 Å². The Labute approximate surface area is 122 Å². The SMILES string of the molecule is CCc1cc(OCc2cccc(C#N)c2F)ccc1Cl. The highest BCUT2D eigenvalue weighted by Crippen LogP contribution is 2.23. The van der Waals surface area contributed by atoms with E-state index >= 15 is 0 Å². The van der Waals surface area contributed by atoms with E-state index in [0.717, 1.165) is 12.0 Å². The summed E-state index contributed by atoms with van der Waals surface area (Å²) >= 11 is 6.03. The number of nitriles is 1. The Hall–Kier alpha value is -2.05. The van der Waals surface area contributed by atoms with Crippen LogP contribution in [0.4, 0.5) is 4.39 Å². The van der Waals surface area contributed by atoms with Gasteiger partial charge in [-0.2, -0.15) is 5.26 Å². The summed E-state index contributed by atoms with van der Waals surface area (Å²) < 4.78 is 19.4. The van der Waals surface area contributed by atoms with Gasteiger partial charge in [0.2, 0.25) is 0 Å². The van der Waals surface area contributed by atoms with Gasteiger partial charge in [-0.3, -0.25) is 0 Å². The summed E-state index contributed by atoms with van der Waals surface area (Å²) in [5.41, 5.74) is 1.36. The van der Waals surface area contributed by atoms with E-state index in [0.29, 0.717) is 16.3 Å². The molecule has 2 nitrogen and oxygen atoms in total. The zero-order valence-electron chi connectivity index (χ0n) is 11.0. The van der Waals surface area contributed by atoms with Crippen LogP contribution in [0, 0.1) is 17.1 Å². The van der Waals surface area contributed by atoms with Gasteiger partial charge >= 0.3 is 0 Å². The average molecular weight is 290 g/mol. The summed E-state index contributed by atoms with van der Waals surface area (Å²) in [5, 5.41) is 9.47. The van der Waals surface area contributed by atoms with Crippen molar-refractivity contribution in [2.45, 2.75) is 20.0 Å². The third kappa shape index (κ3) is 3.09. The van der Waals surface area contributed by atoms with Crippen LogP contribution >= 0.6 is 11.6 Å². The maximum Gasteiger partial charge on any atom is 0.147 e. The quantitative estimate of drug-likeness (QED) is 0.830. The first-order chi connectivity index (χ1) is 9.65. The fourth-order valence-corrected chi connectivity index (χ4v) is 2.10. The van der Waals surface area contributed by atoms with Crippen LogP contribution in [0.1, 0.15) is 23.6 Å². The van der Waals surface area contributed by atoms with Gasteiger partial charge < -0.3 is 4.74 Å². The number of aryl methyl sites for hydroxylation is 1.